The van der Waals surface area contributed by atoms with Gasteiger partial charge < -0.3 is 5.11 Å². The molecule has 1 nitrogen and oxygen atoms in total. The van der Waals surface area contributed by atoms with E-state index < -0.39 is 0 Å². The molecule has 0 aromatic carbocycles. The average molecular weight is 138 g/mol. The monoisotopic (exact) mass is 138 g/mol. The Bertz CT molecular complexity index is 156. The Morgan fingerprint density at radius 1 is 1.00 bits per heavy atom. The molecule has 3 fully saturated rings. The lowest BCUT2D eigenvalue weighted by Gasteiger charge is -2.23. The van der Waals surface area contributed by atoms with Crippen molar-refractivity contribution in [3.8, 4) is 0 Å². The van der Waals surface area contributed by atoms with Gasteiger partial charge in [-0.2, -0.15) is 0 Å². The van der Waals surface area contributed by atoms with Crippen molar-refractivity contribution < 1.29 is 5.11 Å². The van der Waals surface area contributed by atoms with Crippen LogP contribution in [0, 0.1) is 17.8 Å². The predicted molar refractivity (Wildman–Crippen MR) is 38.5 cm³/mol. The zero-order chi connectivity index (χ0) is 6.77. The molecule has 1 heteroatoms. The molecule has 0 aromatic heterocycles. The summed E-state index contributed by atoms with van der Waals surface area (Å²) in [7, 11) is 0. The molecule has 0 heterocycles. The summed E-state index contributed by atoms with van der Waals surface area (Å²) < 4.78 is 0. The van der Waals surface area contributed by atoms with Crippen LogP contribution < -0.4 is 0 Å². The third-order valence-corrected chi connectivity index (χ3v) is 4.02. The summed E-state index contributed by atoms with van der Waals surface area (Å²) in [6, 6.07) is 0. The van der Waals surface area contributed by atoms with Crippen molar-refractivity contribution in [1.29, 1.82) is 0 Å². The number of fused-ring (bicyclic) bond motifs is 1. The molecule has 0 aliphatic heterocycles. The first-order valence-electron chi connectivity index (χ1n) is 4.49. The molecule has 0 spiro atoms. The van der Waals surface area contributed by atoms with Crippen LogP contribution in [0.5, 0.6) is 0 Å². The van der Waals surface area contributed by atoms with Crippen molar-refractivity contribution in [3.05, 3.63) is 0 Å². The Hall–Kier alpha value is -0.0400. The maximum Gasteiger partial charge on any atom is 0.0656 e. The molecule has 3 aliphatic rings. The van der Waals surface area contributed by atoms with Gasteiger partial charge in [-0.1, -0.05) is 0 Å². The van der Waals surface area contributed by atoms with E-state index in [-0.39, 0.29) is 5.60 Å². The van der Waals surface area contributed by atoms with Crippen LogP contribution >= 0.6 is 0 Å². The number of hydrogen-bond acceptors (Lipinski definition) is 1. The van der Waals surface area contributed by atoms with Gasteiger partial charge in [-0.3, -0.25) is 0 Å². The molecule has 0 radical (unpaired) electrons. The molecule has 3 saturated carbocycles. The standard InChI is InChI=1S/C9H14O/c10-9-3-6-1-2-7(4-9)8(6)5-9/h6-8,10H,1-5H2. The molecule has 3 rings (SSSR count). The van der Waals surface area contributed by atoms with E-state index in [1.54, 1.807) is 0 Å². The normalized spacial score (nSPS) is 63.9. The zero-order valence-corrected chi connectivity index (χ0v) is 6.21. The first-order valence-corrected chi connectivity index (χ1v) is 4.49. The molecule has 1 N–H and O–H groups in total. The van der Waals surface area contributed by atoms with Crippen molar-refractivity contribution in [2.45, 2.75) is 37.7 Å². The topological polar surface area (TPSA) is 20.2 Å². The maximum absolute atomic E-state index is 9.92. The first-order chi connectivity index (χ1) is 4.77. The first kappa shape index (κ1) is 5.59. The highest BCUT2D eigenvalue weighted by molar-refractivity contribution is 5.08. The van der Waals surface area contributed by atoms with E-state index in [9.17, 15) is 5.11 Å². The van der Waals surface area contributed by atoms with Gasteiger partial charge in [-0.05, 0) is 49.9 Å². The van der Waals surface area contributed by atoms with Crippen LogP contribution in [-0.2, 0) is 0 Å². The highest BCUT2D eigenvalue weighted by Crippen LogP contribution is 2.61. The van der Waals surface area contributed by atoms with Gasteiger partial charge in [0.25, 0.3) is 0 Å². The molecule has 10 heavy (non-hydrogen) atoms. The smallest absolute Gasteiger partial charge is 0.0656 e. The number of hydrogen-bond donors (Lipinski definition) is 1. The minimum absolute atomic E-state index is 0.184. The third-order valence-electron chi connectivity index (χ3n) is 4.02. The van der Waals surface area contributed by atoms with Crippen LogP contribution in [0.1, 0.15) is 32.1 Å². The van der Waals surface area contributed by atoms with Gasteiger partial charge in [0.2, 0.25) is 0 Å². The second-order valence-electron chi connectivity index (χ2n) is 4.60. The van der Waals surface area contributed by atoms with E-state index in [4.69, 9.17) is 0 Å². The van der Waals surface area contributed by atoms with Gasteiger partial charge >= 0.3 is 0 Å². The lowest BCUT2D eigenvalue weighted by Crippen LogP contribution is -2.24. The van der Waals surface area contributed by atoms with Gasteiger partial charge in [0.15, 0.2) is 0 Å². The van der Waals surface area contributed by atoms with Crippen LogP contribution in [0.25, 0.3) is 0 Å². The van der Waals surface area contributed by atoms with Gasteiger partial charge in [0.05, 0.1) is 5.60 Å². The summed E-state index contributed by atoms with van der Waals surface area (Å²) in [5, 5.41) is 9.92. The largest absolute Gasteiger partial charge is 0.390 e. The zero-order valence-electron chi connectivity index (χ0n) is 6.21. The molecule has 0 aromatic rings. The highest BCUT2D eigenvalue weighted by atomic mass is 16.3. The molecule has 0 saturated heterocycles. The summed E-state index contributed by atoms with van der Waals surface area (Å²) in [4.78, 5) is 0. The molecular formula is C9H14O. The lowest BCUT2D eigenvalue weighted by molar-refractivity contribution is 0.0403. The molecular weight excluding hydrogens is 124 g/mol. The van der Waals surface area contributed by atoms with Crippen LogP contribution in [0.3, 0.4) is 0 Å². The second-order valence-corrected chi connectivity index (χ2v) is 4.60. The number of rotatable bonds is 0. The van der Waals surface area contributed by atoms with E-state index in [2.05, 4.69) is 0 Å². The molecule has 2 atom stereocenters. The quantitative estimate of drug-likeness (QED) is 0.538. The summed E-state index contributed by atoms with van der Waals surface area (Å²) in [5.74, 6) is 2.78. The third kappa shape index (κ3) is 0.493. The van der Waals surface area contributed by atoms with Crippen LogP contribution in [0.15, 0.2) is 0 Å². The van der Waals surface area contributed by atoms with Crippen molar-refractivity contribution in [2.75, 3.05) is 0 Å². The molecule has 2 unspecified atom stereocenters. The van der Waals surface area contributed by atoms with Crippen LogP contribution in [-0.4, -0.2) is 10.7 Å². The van der Waals surface area contributed by atoms with Gasteiger partial charge in [0, 0.05) is 0 Å². The molecule has 0 amide bonds. The van der Waals surface area contributed by atoms with E-state index in [1.165, 1.54) is 12.8 Å². The Morgan fingerprint density at radius 2 is 1.60 bits per heavy atom. The van der Waals surface area contributed by atoms with Gasteiger partial charge in [-0.15, -0.1) is 0 Å². The minimum Gasteiger partial charge on any atom is -0.390 e. The number of aliphatic hydroxyl groups is 1. The highest BCUT2D eigenvalue weighted by Gasteiger charge is 2.57. The maximum atomic E-state index is 9.92. The van der Waals surface area contributed by atoms with Crippen molar-refractivity contribution >= 4 is 0 Å². The second kappa shape index (κ2) is 1.42. The SMILES string of the molecule is OC12CC3CCC(C1)C3C2. The van der Waals surface area contributed by atoms with E-state index in [0.29, 0.717) is 0 Å². The average Bonchev–Trinajstić information content (AvgIpc) is 2.35. The van der Waals surface area contributed by atoms with Crippen molar-refractivity contribution in [3.63, 3.8) is 0 Å². The Labute approximate surface area is 61.4 Å². The predicted octanol–water partition coefficient (Wildman–Crippen LogP) is 1.56. The van der Waals surface area contributed by atoms with E-state index >= 15 is 0 Å². The van der Waals surface area contributed by atoms with E-state index in [0.717, 1.165) is 37.0 Å². The lowest BCUT2D eigenvalue weighted by atomic mass is 9.87. The van der Waals surface area contributed by atoms with Crippen LogP contribution in [0.4, 0.5) is 0 Å². The fourth-order valence-corrected chi connectivity index (χ4v) is 3.75. The van der Waals surface area contributed by atoms with Crippen LogP contribution in [0.2, 0.25) is 0 Å². The van der Waals surface area contributed by atoms with Gasteiger partial charge in [-0.25, -0.2) is 0 Å². The van der Waals surface area contributed by atoms with Gasteiger partial charge in [0.1, 0.15) is 0 Å². The fourth-order valence-electron chi connectivity index (χ4n) is 3.75. The summed E-state index contributed by atoms with van der Waals surface area (Å²) in [5.41, 5.74) is -0.184. The van der Waals surface area contributed by atoms with Crippen molar-refractivity contribution in [2.24, 2.45) is 17.8 Å². The Balaban J connectivity index is 2.03. The fraction of sp³-hybridized carbons (Fsp3) is 1.00. The summed E-state index contributed by atoms with van der Waals surface area (Å²) in [6.45, 7) is 0. The Kier molecular flexibility index (Phi) is 0.797. The molecule has 3 aliphatic carbocycles. The minimum atomic E-state index is -0.184. The van der Waals surface area contributed by atoms with E-state index in [1.807, 2.05) is 0 Å². The Morgan fingerprint density at radius 3 is 2.00 bits per heavy atom. The summed E-state index contributed by atoms with van der Waals surface area (Å²) in [6.07, 6.45) is 6.24. The molecule has 2 bridgehead atoms. The summed E-state index contributed by atoms with van der Waals surface area (Å²) >= 11 is 0. The van der Waals surface area contributed by atoms with Crippen molar-refractivity contribution in [1.82, 2.24) is 0 Å². The molecule has 56 valence electrons.